The number of aliphatic hydroxyl groups excluding tert-OH is 1. The maximum absolute atomic E-state index is 13.7. The number of hydrogen-bond acceptors (Lipinski definition) is 3. The molecular formula is C13H14FNO4. The van der Waals surface area contributed by atoms with Crippen molar-refractivity contribution >= 4 is 11.9 Å². The molecule has 6 heteroatoms. The molecule has 1 saturated carbocycles. The van der Waals surface area contributed by atoms with Crippen molar-refractivity contribution in [2.45, 2.75) is 24.3 Å². The quantitative estimate of drug-likeness (QED) is 0.721. The van der Waals surface area contributed by atoms with Crippen LogP contribution in [0.2, 0.25) is 0 Å². The van der Waals surface area contributed by atoms with Gasteiger partial charge in [0, 0.05) is 5.56 Å². The molecule has 1 fully saturated rings. The molecule has 1 aromatic rings. The summed E-state index contributed by atoms with van der Waals surface area (Å²) in [6.45, 7) is -0.700. The predicted molar refractivity (Wildman–Crippen MR) is 64.0 cm³/mol. The number of nitrogens with one attached hydrogen (secondary N) is 1. The Morgan fingerprint density at radius 3 is 2.47 bits per heavy atom. The fraction of sp³-hybridized carbons (Fsp3) is 0.385. The van der Waals surface area contributed by atoms with Crippen molar-refractivity contribution in [3.8, 4) is 0 Å². The van der Waals surface area contributed by atoms with Crippen molar-refractivity contribution in [1.82, 2.24) is 5.32 Å². The Labute approximate surface area is 109 Å². The van der Waals surface area contributed by atoms with Crippen LogP contribution in [-0.2, 0) is 15.0 Å². The van der Waals surface area contributed by atoms with E-state index in [4.69, 9.17) is 10.2 Å². The SMILES string of the molecule is O=C(O)C(CO)NC(=O)C1(c2ccccc2F)CC1. The van der Waals surface area contributed by atoms with E-state index in [1.807, 2.05) is 0 Å². The number of aliphatic carboxylic acids is 1. The highest BCUT2D eigenvalue weighted by Gasteiger charge is 2.53. The number of rotatable bonds is 5. The van der Waals surface area contributed by atoms with Crippen LogP contribution in [0.3, 0.4) is 0 Å². The Bertz CT molecular complexity index is 513. The number of carbonyl (C=O) groups is 2. The fourth-order valence-electron chi connectivity index (χ4n) is 2.07. The van der Waals surface area contributed by atoms with E-state index in [1.165, 1.54) is 18.2 Å². The van der Waals surface area contributed by atoms with E-state index in [0.717, 1.165) is 0 Å². The van der Waals surface area contributed by atoms with Crippen LogP contribution in [0.1, 0.15) is 18.4 Å². The summed E-state index contributed by atoms with van der Waals surface area (Å²) in [4.78, 5) is 22.9. The van der Waals surface area contributed by atoms with Gasteiger partial charge in [-0.1, -0.05) is 18.2 Å². The molecule has 3 N–H and O–H groups in total. The Morgan fingerprint density at radius 1 is 1.37 bits per heavy atom. The lowest BCUT2D eigenvalue weighted by molar-refractivity contribution is -0.143. The lowest BCUT2D eigenvalue weighted by atomic mass is 9.94. The van der Waals surface area contributed by atoms with E-state index in [-0.39, 0.29) is 5.56 Å². The van der Waals surface area contributed by atoms with Gasteiger partial charge < -0.3 is 15.5 Å². The zero-order valence-electron chi connectivity index (χ0n) is 10.1. The van der Waals surface area contributed by atoms with Crippen LogP contribution in [0.4, 0.5) is 4.39 Å². The van der Waals surface area contributed by atoms with Crippen molar-refractivity contribution in [2.75, 3.05) is 6.61 Å². The van der Waals surface area contributed by atoms with Gasteiger partial charge in [-0.3, -0.25) is 4.79 Å². The monoisotopic (exact) mass is 267 g/mol. The molecule has 1 unspecified atom stereocenters. The summed E-state index contributed by atoms with van der Waals surface area (Å²) in [7, 11) is 0. The molecule has 0 spiro atoms. The summed E-state index contributed by atoms with van der Waals surface area (Å²) in [6, 6.07) is 4.59. The molecule has 2 rings (SSSR count). The third kappa shape index (κ3) is 2.44. The van der Waals surface area contributed by atoms with Gasteiger partial charge in [0.15, 0.2) is 0 Å². The minimum Gasteiger partial charge on any atom is -0.480 e. The van der Waals surface area contributed by atoms with E-state index >= 15 is 0 Å². The molecule has 0 aliphatic heterocycles. The molecule has 1 aromatic carbocycles. The van der Waals surface area contributed by atoms with Gasteiger partial charge in [0.2, 0.25) is 5.91 Å². The van der Waals surface area contributed by atoms with Crippen LogP contribution >= 0.6 is 0 Å². The standard InChI is InChI=1S/C13H14FNO4/c14-9-4-2-1-3-8(9)13(5-6-13)12(19)15-10(7-16)11(17)18/h1-4,10,16H,5-7H2,(H,15,19)(H,17,18). The molecule has 0 saturated heterocycles. The number of carbonyl (C=O) groups excluding carboxylic acids is 1. The molecule has 1 aliphatic rings. The Morgan fingerprint density at radius 2 is 2.00 bits per heavy atom. The number of hydrogen-bond donors (Lipinski definition) is 3. The third-order valence-electron chi connectivity index (χ3n) is 3.36. The molecule has 0 radical (unpaired) electrons. The first kappa shape index (κ1) is 13.5. The van der Waals surface area contributed by atoms with E-state index in [9.17, 15) is 14.0 Å². The number of aliphatic hydroxyl groups is 1. The molecule has 0 aromatic heterocycles. The molecular weight excluding hydrogens is 253 g/mol. The minimum absolute atomic E-state index is 0.273. The van der Waals surface area contributed by atoms with Crippen molar-refractivity contribution in [2.24, 2.45) is 0 Å². The van der Waals surface area contributed by atoms with Crippen LogP contribution in [0.5, 0.6) is 0 Å². The van der Waals surface area contributed by atoms with Gasteiger partial charge in [-0.2, -0.15) is 0 Å². The summed E-state index contributed by atoms with van der Waals surface area (Å²) < 4.78 is 13.7. The highest BCUT2D eigenvalue weighted by Crippen LogP contribution is 2.49. The number of halogens is 1. The van der Waals surface area contributed by atoms with Gasteiger partial charge in [0.05, 0.1) is 12.0 Å². The van der Waals surface area contributed by atoms with Crippen LogP contribution in [0, 0.1) is 5.82 Å². The first-order valence-electron chi connectivity index (χ1n) is 5.91. The van der Waals surface area contributed by atoms with E-state index in [2.05, 4.69) is 5.32 Å². The van der Waals surface area contributed by atoms with Gasteiger partial charge in [-0.05, 0) is 18.9 Å². The first-order chi connectivity index (χ1) is 9.01. The van der Waals surface area contributed by atoms with Gasteiger partial charge in [0.1, 0.15) is 11.9 Å². The molecule has 1 aliphatic carbocycles. The molecule has 1 amide bonds. The zero-order valence-corrected chi connectivity index (χ0v) is 10.1. The molecule has 19 heavy (non-hydrogen) atoms. The Kier molecular flexibility index (Phi) is 3.53. The second-order valence-corrected chi connectivity index (χ2v) is 4.61. The molecule has 1 atom stereocenters. The van der Waals surface area contributed by atoms with Gasteiger partial charge in [-0.25, -0.2) is 9.18 Å². The lowest BCUT2D eigenvalue weighted by Crippen LogP contribution is -2.47. The lowest BCUT2D eigenvalue weighted by Gasteiger charge is -2.19. The number of benzene rings is 1. The van der Waals surface area contributed by atoms with E-state index in [0.29, 0.717) is 12.8 Å². The second-order valence-electron chi connectivity index (χ2n) is 4.61. The highest BCUT2D eigenvalue weighted by atomic mass is 19.1. The Hall–Kier alpha value is -1.95. The minimum atomic E-state index is -1.36. The van der Waals surface area contributed by atoms with E-state index < -0.39 is 35.8 Å². The topological polar surface area (TPSA) is 86.6 Å². The number of carboxylic acid groups (broad SMARTS) is 1. The number of carboxylic acids is 1. The normalized spacial score (nSPS) is 17.6. The van der Waals surface area contributed by atoms with Crippen molar-refractivity contribution in [3.05, 3.63) is 35.6 Å². The average Bonchev–Trinajstić information content (AvgIpc) is 3.17. The average molecular weight is 267 g/mol. The third-order valence-corrected chi connectivity index (χ3v) is 3.36. The van der Waals surface area contributed by atoms with Gasteiger partial charge in [-0.15, -0.1) is 0 Å². The Balaban J connectivity index is 2.20. The summed E-state index contributed by atoms with van der Waals surface area (Å²) in [5.41, 5.74) is -0.719. The van der Waals surface area contributed by atoms with E-state index in [1.54, 1.807) is 6.07 Å². The summed E-state index contributed by atoms with van der Waals surface area (Å²) in [5, 5.41) is 19.9. The maximum atomic E-state index is 13.7. The predicted octanol–water partition coefficient (Wildman–Crippen LogP) is 0.419. The maximum Gasteiger partial charge on any atom is 0.328 e. The smallest absolute Gasteiger partial charge is 0.328 e. The van der Waals surface area contributed by atoms with Crippen molar-refractivity contribution in [3.63, 3.8) is 0 Å². The fourth-order valence-corrected chi connectivity index (χ4v) is 2.07. The van der Waals surface area contributed by atoms with Crippen molar-refractivity contribution < 1.29 is 24.2 Å². The van der Waals surface area contributed by atoms with Gasteiger partial charge in [0.25, 0.3) is 0 Å². The summed E-state index contributed by atoms with van der Waals surface area (Å²) in [5.74, 6) is -2.36. The molecule has 0 heterocycles. The zero-order chi connectivity index (χ0) is 14.0. The van der Waals surface area contributed by atoms with Crippen LogP contribution in [0.25, 0.3) is 0 Å². The van der Waals surface area contributed by atoms with Crippen LogP contribution < -0.4 is 5.32 Å². The summed E-state index contributed by atoms with van der Waals surface area (Å²) in [6.07, 6.45) is 0.940. The first-order valence-corrected chi connectivity index (χ1v) is 5.91. The highest BCUT2D eigenvalue weighted by molar-refractivity contribution is 5.94. The molecule has 0 bridgehead atoms. The van der Waals surface area contributed by atoms with Crippen LogP contribution in [0.15, 0.2) is 24.3 Å². The molecule has 5 nitrogen and oxygen atoms in total. The number of amides is 1. The second kappa shape index (κ2) is 4.97. The van der Waals surface area contributed by atoms with Crippen LogP contribution in [-0.4, -0.2) is 34.7 Å². The molecule has 102 valence electrons. The van der Waals surface area contributed by atoms with Crippen molar-refractivity contribution in [1.29, 1.82) is 0 Å². The summed E-state index contributed by atoms with van der Waals surface area (Å²) >= 11 is 0. The van der Waals surface area contributed by atoms with Gasteiger partial charge >= 0.3 is 5.97 Å². The largest absolute Gasteiger partial charge is 0.480 e.